The monoisotopic (exact) mass is 428 g/mol. The maximum absolute atomic E-state index is 13.6. The fourth-order valence-electron chi connectivity index (χ4n) is 3.78. The molecule has 0 bridgehead atoms. The van der Waals surface area contributed by atoms with Crippen molar-refractivity contribution in [1.82, 2.24) is 19.2 Å². The summed E-state index contributed by atoms with van der Waals surface area (Å²) in [6.45, 7) is 4.15. The molecule has 0 aliphatic rings. The Labute approximate surface area is 184 Å². The van der Waals surface area contributed by atoms with E-state index in [0.717, 1.165) is 45.3 Å². The van der Waals surface area contributed by atoms with Crippen molar-refractivity contribution in [2.75, 3.05) is 5.75 Å². The molecular weight excluding hydrogens is 407 g/mol. The molecule has 5 aromatic rings. The lowest BCUT2D eigenvalue weighted by atomic mass is 10.1. The van der Waals surface area contributed by atoms with Crippen molar-refractivity contribution in [2.45, 2.75) is 18.7 Å². The lowest BCUT2D eigenvalue weighted by Gasteiger charge is -2.10. The van der Waals surface area contributed by atoms with Crippen LogP contribution >= 0.6 is 11.8 Å². The second kappa shape index (κ2) is 8.04. The Balaban J connectivity index is 1.76. The van der Waals surface area contributed by atoms with Gasteiger partial charge in [0.15, 0.2) is 5.65 Å². The second-order valence-corrected chi connectivity index (χ2v) is 8.59. The summed E-state index contributed by atoms with van der Waals surface area (Å²) in [5, 5.41) is 4.82. The third-order valence-corrected chi connectivity index (χ3v) is 6.11. The molecule has 2 aromatic carbocycles. The molecule has 0 amide bonds. The number of aryl methyl sites for hydroxylation is 1. The Bertz CT molecular complexity index is 1340. The SMILES string of the molecule is CCSc1ccc(-c2c(C)nn3c(-c4ccc(F)cc4)cc(-n4cccc4)nc23)cc1. The van der Waals surface area contributed by atoms with Crippen LogP contribution in [0.2, 0.25) is 0 Å². The highest BCUT2D eigenvalue weighted by atomic mass is 32.2. The van der Waals surface area contributed by atoms with E-state index in [1.807, 2.05) is 58.4 Å². The predicted molar refractivity (Wildman–Crippen MR) is 124 cm³/mol. The van der Waals surface area contributed by atoms with Gasteiger partial charge in [-0.1, -0.05) is 19.1 Å². The van der Waals surface area contributed by atoms with Crippen molar-refractivity contribution >= 4 is 17.4 Å². The fraction of sp³-hybridized carbons (Fsp3) is 0.120. The number of rotatable bonds is 5. The minimum absolute atomic E-state index is 0.262. The zero-order valence-corrected chi connectivity index (χ0v) is 18.1. The highest BCUT2D eigenvalue weighted by Crippen LogP contribution is 2.33. The summed E-state index contributed by atoms with van der Waals surface area (Å²) in [7, 11) is 0. The molecule has 0 radical (unpaired) electrons. The van der Waals surface area contributed by atoms with E-state index in [4.69, 9.17) is 10.1 Å². The molecule has 0 unspecified atom stereocenters. The van der Waals surface area contributed by atoms with Gasteiger partial charge in [0.05, 0.1) is 11.4 Å². The van der Waals surface area contributed by atoms with Gasteiger partial charge in [0.1, 0.15) is 11.6 Å². The van der Waals surface area contributed by atoms with Gasteiger partial charge in [-0.15, -0.1) is 11.8 Å². The molecule has 3 heterocycles. The first kappa shape index (κ1) is 19.6. The van der Waals surface area contributed by atoms with E-state index in [-0.39, 0.29) is 5.82 Å². The maximum atomic E-state index is 13.6. The van der Waals surface area contributed by atoms with Gasteiger partial charge < -0.3 is 4.57 Å². The van der Waals surface area contributed by atoms with Gasteiger partial charge in [0, 0.05) is 34.5 Å². The zero-order valence-electron chi connectivity index (χ0n) is 17.3. The predicted octanol–water partition coefficient (Wildman–Crippen LogP) is 6.41. The Morgan fingerprint density at radius 2 is 1.61 bits per heavy atom. The summed E-state index contributed by atoms with van der Waals surface area (Å²) in [4.78, 5) is 6.21. The van der Waals surface area contributed by atoms with Crippen LogP contribution in [0.15, 0.2) is 84.0 Å². The van der Waals surface area contributed by atoms with Crippen LogP contribution in [0.25, 0.3) is 33.8 Å². The van der Waals surface area contributed by atoms with Crippen molar-refractivity contribution < 1.29 is 4.39 Å². The number of thioether (sulfide) groups is 1. The lowest BCUT2D eigenvalue weighted by Crippen LogP contribution is -2.02. The Morgan fingerprint density at radius 1 is 0.935 bits per heavy atom. The van der Waals surface area contributed by atoms with Crippen molar-refractivity contribution in [1.29, 1.82) is 0 Å². The van der Waals surface area contributed by atoms with E-state index in [1.165, 1.54) is 17.0 Å². The van der Waals surface area contributed by atoms with E-state index >= 15 is 0 Å². The molecule has 0 aliphatic heterocycles. The van der Waals surface area contributed by atoms with Crippen LogP contribution in [-0.4, -0.2) is 24.9 Å². The van der Waals surface area contributed by atoms with Crippen LogP contribution in [-0.2, 0) is 0 Å². The third kappa shape index (κ3) is 3.64. The Kier molecular flexibility index (Phi) is 5.08. The molecule has 0 aliphatic carbocycles. The van der Waals surface area contributed by atoms with Crippen molar-refractivity contribution in [2.24, 2.45) is 0 Å². The van der Waals surface area contributed by atoms with E-state index in [0.29, 0.717) is 0 Å². The van der Waals surface area contributed by atoms with E-state index < -0.39 is 0 Å². The minimum atomic E-state index is -0.262. The standard InChI is InChI=1S/C25H21FN4S/c1-3-31-21-12-8-19(9-13-21)24-17(2)28-30-22(18-6-10-20(26)11-7-18)16-23(27-25(24)30)29-14-4-5-15-29/h4-16H,3H2,1-2H3. The molecule has 4 nitrogen and oxygen atoms in total. The molecule has 0 atom stereocenters. The fourth-order valence-corrected chi connectivity index (χ4v) is 4.44. The molecular formula is C25H21FN4S. The molecule has 154 valence electrons. The Morgan fingerprint density at radius 3 is 2.29 bits per heavy atom. The first-order valence-electron chi connectivity index (χ1n) is 10.2. The molecule has 0 fully saturated rings. The molecule has 5 rings (SSSR count). The highest BCUT2D eigenvalue weighted by Gasteiger charge is 2.18. The summed E-state index contributed by atoms with van der Waals surface area (Å²) < 4.78 is 17.4. The molecule has 0 N–H and O–H groups in total. The van der Waals surface area contributed by atoms with Crippen molar-refractivity contribution in [3.63, 3.8) is 0 Å². The van der Waals surface area contributed by atoms with Gasteiger partial charge in [-0.05, 0) is 66.8 Å². The van der Waals surface area contributed by atoms with Gasteiger partial charge >= 0.3 is 0 Å². The highest BCUT2D eigenvalue weighted by molar-refractivity contribution is 7.99. The quantitative estimate of drug-likeness (QED) is 0.303. The van der Waals surface area contributed by atoms with Gasteiger partial charge in [0.2, 0.25) is 0 Å². The van der Waals surface area contributed by atoms with Gasteiger partial charge in [-0.3, -0.25) is 0 Å². The van der Waals surface area contributed by atoms with Crippen LogP contribution in [0.1, 0.15) is 12.6 Å². The average molecular weight is 429 g/mol. The smallest absolute Gasteiger partial charge is 0.166 e. The first-order chi connectivity index (χ1) is 15.1. The second-order valence-electron chi connectivity index (χ2n) is 7.25. The summed E-state index contributed by atoms with van der Waals surface area (Å²) >= 11 is 1.82. The number of aromatic nitrogens is 4. The molecule has 0 spiro atoms. The number of hydrogen-bond donors (Lipinski definition) is 0. The van der Waals surface area contributed by atoms with Crippen molar-refractivity contribution in [3.05, 3.63) is 90.6 Å². The van der Waals surface area contributed by atoms with Gasteiger partial charge in [0.25, 0.3) is 0 Å². The van der Waals surface area contributed by atoms with Gasteiger partial charge in [-0.2, -0.15) is 5.10 Å². The number of benzene rings is 2. The maximum Gasteiger partial charge on any atom is 0.166 e. The van der Waals surface area contributed by atoms with Crippen LogP contribution in [0, 0.1) is 12.7 Å². The Hall–Kier alpha value is -3.38. The third-order valence-electron chi connectivity index (χ3n) is 5.21. The average Bonchev–Trinajstić information content (AvgIpc) is 3.42. The number of hydrogen-bond acceptors (Lipinski definition) is 3. The molecule has 31 heavy (non-hydrogen) atoms. The summed E-state index contributed by atoms with van der Waals surface area (Å²) in [5.74, 6) is 1.57. The van der Waals surface area contributed by atoms with Crippen LogP contribution in [0.3, 0.4) is 0 Å². The number of nitrogens with zero attached hydrogens (tertiary/aromatic N) is 4. The summed E-state index contributed by atoms with van der Waals surface area (Å²) in [5.41, 5.74) is 5.50. The largest absolute Gasteiger partial charge is 0.309 e. The van der Waals surface area contributed by atoms with Crippen molar-refractivity contribution in [3.8, 4) is 28.2 Å². The minimum Gasteiger partial charge on any atom is -0.309 e. The summed E-state index contributed by atoms with van der Waals surface area (Å²) in [6, 6.07) is 21.0. The number of fused-ring (bicyclic) bond motifs is 1. The number of halogens is 1. The van der Waals surface area contributed by atoms with Crippen LogP contribution in [0.5, 0.6) is 0 Å². The van der Waals surface area contributed by atoms with E-state index in [2.05, 4.69) is 31.2 Å². The van der Waals surface area contributed by atoms with Crippen LogP contribution < -0.4 is 0 Å². The van der Waals surface area contributed by atoms with E-state index in [1.54, 1.807) is 12.1 Å². The molecule has 0 saturated carbocycles. The van der Waals surface area contributed by atoms with Gasteiger partial charge in [-0.25, -0.2) is 13.9 Å². The lowest BCUT2D eigenvalue weighted by molar-refractivity contribution is 0.628. The van der Waals surface area contributed by atoms with Crippen LogP contribution in [0.4, 0.5) is 4.39 Å². The zero-order chi connectivity index (χ0) is 21.4. The van der Waals surface area contributed by atoms with E-state index in [9.17, 15) is 4.39 Å². The first-order valence-corrected chi connectivity index (χ1v) is 11.2. The molecule has 3 aromatic heterocycles. The summed E-state index contributed by atoms with van der Waals surface area (Å²) in [6.07, 6.45) is 3.93. The normalized spacial score (nSPS) is 11.3. The molecule has 6 heteroatoms. The molecule has 0 saturated heterocycles. The topological polar surface area (TPSA) is 35.1 Å².